The second kappa shape index (κ2) is 8.92. The molecule has 3 aromatic rings. The highest BCUT2D eigenvalue weighted by molar-refractivity contribution is 6.08. The van der Waals surface area contributed by atoms with Crippen LogP contribution >= 0.6 is 0 Å². The van der Waals surface area contributed by atoms with E-state index >= 15 is 0 Å². The van der Waals surface area contributed by atoms with Crippen molar-refractivity contribution in [2.75, 3.05) is 25.7 Å². The summed E-state index contributed by atoms with van der Waals surface area (Å²) in [6, 6.07) is 20.2. The lowest BCUT2D eigenvalue weighted by Gasteiger charge is -2.18. The van der Waals surface area contributed by atoms with E-state index in [-0.39, 0.29) is 11.8 Å². The summed E-state index contributed by atoms with van der Waals surface area (Å²) in [6.45, 7) is 0.877. The molecule has 0 saturated carbocycles. The summed E-state index contributed by atoms with van der Waals surface area (Å²) in [6.07, 6.45) is 0.642. The van der Waals surface area contributed by atoms with Crippen LogP contribution in [0.2, 0.25) is 0 Å². The van der Waals surface area contributed by atoms with Gasteiger partial charge < -0.3 is 19.7 Å². The predicted octanol–water partition coefficient (Wildman–Crippen LogP) is 3.84. The lowest BCUT2D eigenvalue weighted by Crippen LogP contribution is -2.28. The van der Waals surface area contributed by atoms with Crippen LogP contribution in [0.5, 0.6) is 11.5 Å². The van der Waals surface area contributed by atoms with Crippen LogP contribution in [0.1, 0.15) is 31.8 Å². The fourth-order valence-electron chi connectivity index (χ4n) is 3.86. The van der Waals surface area contributed by atoms with Gasteiger partial charge in [0.2, 0.25) is 0 Å². The van der Waals surface area contributed by atoms with Crippen LogP contribution in [0.3, 0.4) is 0 Å². The normalized spacial score (nSPS) is 12.3. The zero-order chi connectivity index (χ0) is 21.8. The number of carbonyl (C=O) groups excluding carboxylic acids is 2. The standard InChI is InChI=1S/C25H24N2O4/c1-30-19-12-11-18(23(15-19)31-2)16-26-24(28)21-9-6-10-22-20(21)13-14-27(22)25(29)17-7-4-3-5-8-17/h3-12,15H,13-14,16H2,1-2H3,(H,26,28). The molecule has 31 heavy (non-hydrogen) atoms. The van der Waals surface area contributed by atoms with Crippen LogP contribution in [0.25, 0.3) is 0 Å². The summed E-state index contributed by atoms with van der Waals surface area (Å²) in [5, 5.41) is 2.97. The molecular weight excluding hydrogens is 392 g/mol. The molecule has 0 atom stereocenters. The average Bonchev–Trinajstić information content (AvgIpc) is 3.26. The largest absolute Gasteiger partial charge is 0.497 e. The molecule has 0 aliphatic carbocycles. The first kappa shape index (κ1) is 20.5. The molecule has 1 N–H and O–H groups in total. The Morgan fingerprint density at radius 3 is 2.52 bits per heavy atom. The maximum atomic E-state index is 13.0. The van der Waals surface area contributed by atoms with Gasteiger partial charge in [-0.3, -0.25) is 9.59 Å². The van der Waals surface area contributed by atoms with Gasteiger partial charge in [0.25, 0.3) is 11.8 Å². The summed E-state index contributed by atoms with van der Waals surface area (Å²) < 4.78 is 10.6. The van der Waals surface area contributed by atoms with Crippen molar-refractivity contribution >= 4 is 17.5 Å². The molecule has 0 fully saturated rings. The predicted molar refractivity (Wildman–Crippen MR) is 119 cm³/mol. The number of carbonyl (C=O) groups is 2. The number of rotatable bonds is 6. The van der Waals surface area contributed by atoms with Gasteiger partial charge in [-0.2, -0.15) is 0 Å². The minimum atomic E-state index is -0.177. The lowest BCUT2D eigenvalue weighted by atomic mass is 10.0. The van der Waals surface area contributed by atoms with Crippen molar-refractivity contribution < 1.29 is 19.1 Å². The number of nitrogens with zero attached hydrogens (tertiary/aromatic N) is 1. The van der Waals surface area contributed by atoms with E-state index in [1.165, 1.54) is 0 Å². The van der Waals surface area contributed by atoms with Crippen molar-refractivity contribution in [1.29, 1.82) is 0 Å². The molecule has 6 heteroatoms. The van der Waals surface area contributed by atoms with Crippen molar-refractivity contribution in [2.45, 2.75) is 13.0 Å². The van der Waals surface area contributed by atoms with E-state index in [0.29, 0.717) is 42.1 Å². The summed E-state index contributed by atoms with van der Waals surface area (Å²) in [4.78, 5) is 27.6. The third kappa shape index (κ3) is 4.10. The number of benzene rings is 3. The van der Waals surface area contributed by atoms with Crippen LogP contribution in [0.15, 0.2) is 66.7 Å². The third-order valence-corrected chi connectivity index (χ3v) is 5.47. The summed E-state index contributed by atoms with van der Waals surface area (Å²) in [5.41, 5.74) is 3.77. The minimum Gasteiger partial charge on any atom is -0.497 e. The molecule has 0 radical (unpaired) electrons. The Bertz CT molecular complexity index is 1110. The number of hydrogen-bond acceptors (Lipinski definition) is 4. The molecule has 4 rings (SSSR count). The highest BCUT2D eigenvalue weighted by Crippen LogP contribution is 2.32. The van der Waals surface area contributed by atoms with Crippen molar-refractivity contribution in [1.82, 2.24) is 5.32 Å². The Morgan fingerprint density at radius 2 is 1.77 bits per heavy atom. The molecule has 1 aliphatic heterocycles. The highest BCUT2D eigenvalue weighted by Gasteiger charge is 2.28. The van der Waals surface area contributed by atoms with Crippen LogP contribution < -0.4 is 19.7 Å². The lowest BCUT2D eigenvalue weighted by molar-refractivity contribution is 0.0948. The summed E-state index contributed by atoms with van der Waals surface area (Å²) >= 11 is 0. The minimum absolute atomic E-state index is 0.0557. The van der Waals surface area contributed by atoms with Gasteiger partial charge in [0.05, 0.1) is 14.2 Å². The van der Waals surface area contributed by atoms with Crippen LogP contribution in [0, 0.1) is 0 Å². The van der Waals surface area contributed by atoms with Gasteiger partial charge in [-0.15, -0.1) is 0 Å². The molecule has 1 heterocycles. The van der Waals surface area contributed by atoms with E-state index in [2.05, 4.69) is 5.32 Å². The second-order valence-corrected chi connectivity index (χ2v) is 7.24. The van der Waals surface area contributed by atoms with Crippen molar-refractivity contribution in [3.63, 3.8) is 0 Å². The average molecular weight is 416 g/mol. The molecule has 0 bridgehead atoms. The number of amides is 2. The maximum absolute atomic E-state index is 13.0. The van der Waals surface area contributed by atoms with Gasteiger partial charge in [-0.25, -0.2) is 0 Å². The molecule has 0 unspecified atom stereocenters. The fourth-order valence-corrected chi connectivity index (χ4v) is 3.86. The quantitative estimate of drug-likeness (QED) is 0.663. The highest BCUT2D eigenvalue weighted by atomic mass is 16.5. The van der Waals surface area contributed by atoms with Crippen molar-refractivity contribution in [3.05, 3.63) is 89.0 Å². The topological polar surface area (TPSA) is 67.9 Å². The molecule has 158 valence electrons. The number of hydrogen-bond donors (Lipinski definition) is 1. The molecule has 0 saturated heterocycles. The number of fused-ring (bicyclic) bond motifs is 1. The maximum Gasteiger partial charge on any atom is 0.258 e. The number of ether oxygens (including phenoxy) is 2. The van der Waals surface area contributed by atoms with Crippen LogP contribution in [-0.4, -0.2) is 32.6 Å². The monoisotopic (exact) mass is 416 g/mol. The fraction of sp³-hybridized carbons (Fsp3) is 0.200. The zero-order valence-corrected chi connectivity index (χ0v) is 17.6. The van der Waals surface area contributed by atoms with E-state index in [1.54, 1.807) is 43.4 Å². The first-order valence-corrected chi connectivity index (χ1v) is 10.1. The SMILES string of the molecule is COc1ccc(CNC(=O)c2cccc3c2CCN3C(=O)c2ccccc2)c(OC)c1. The Balaban J connectivity index is 1.52. The Kier molecular flexibility index (Phi) is 5.89. The second-order valence-electron chi connectivity index (χ2n) is 7.24. The smallest absolute Gasteiger partial charge is 0.258 e. The summed E-state index contributed by atoms with van der Waals surface area (Å²) in [5.74, 6) is 1.11. The number of methoxy groups -OCH3 is 2. The first-order chi connectivity index (χ1) is 15.1. The Hall–Kier alpha value is -3.80. The molecule has 3 aromatic carbocycles. The van der Waals surface area contributed by atoms with Crippen LogP contribution in [0.4, 0.5) is 5.69 Å². The first-order valence-electron chi connectivity index (χ1n) is 10.1. The number of nitrogens with one attached hydrogen (secondary N) is 1. The molecule has 0 spiro atoms. The molecule has 1 aliphatic rings. The van der Waals surface area contributed by atoms with E-state index < -0.39 is 0 Å². The van der Waals surface area contributed by atoms with Gasteiger partial charge in [-0.05, 0) is 48.4 Å². The van der Waals surface area contributed by atoms with E-state index in [9.17, 15) is 9.59 Å². The van der Waals surface area contributed by atoms with Gasteiger partial charge in [0, 0.05) is 41.5 Å². The van der Waals surface area contributed by atoms with Gasteiger partial charge >= 0.3 is 0 Å². The Morgan fingerprint density at radius 1 is 0.968 bits per heavy atom. The zero-order valence-electron chi connectivity index (χ0n) is 17.6. The molecule has 2 amide bonds. The summed E-state index contributed by atoms with van der Waals surface area (Å²) in [7, 11) is 3.18. The number of anilines is 1. The third-order valence-electron chi connectivity index (χ3n) is 5.47. The molecule has 0 aromatic heterocycles. The Labute approximate surface area is 181 Å². The van der Waals surface area contributed by atoms with Gasteiger partial charge in [0.15, 0.2) is 0 Å². The van der Waals surface area contributed by atoms with E-state index in [1.807, 2.05) is 42.5 Å². The van der Waals surface area contributed by atoms with Crippen molar-refractivity contribution in [2.24, 2.45) is 0 Å². The van der Waals surface area contributed by atoms with Crippen molar-refractivity contribution in [3.8, 4) is 11.5 Å². The van der Waals surface area contributed by atoms with E-state index in [0.717, 1.165) is 16.8 Å². The van der Waals surface area contributed by atoms with Gasteiger partial charge in [-0.1, -0.05) is 24.3 Å². The molecule has 6 nitrogen and oxygen atoms in total. The van der Waals surface area contributed by atoms with Crippen LogP contribution in [-0.2, 0) is 13.0 Å². The van der Waals surface area contributed by atoms with Gasteiger partial charge in [0.1, 0.15) is 11.5 Å². The molecular formula is C25H24N2O4. The van der Waals surface area contributed by atoms with E-state index in [4.69, 9.17) is 9.47 Å².